The summed E-state index contributed by atoms with van der Waals surface area (Å²) in [6.07, 6.45) is 0. The first-order valence-electron chi connectivity index (χ1n) is 22.5. The van der Waals surface area contributed by atoms with Crippen LogP contribution in [-0.2, 0) is 0 Å². The second kappa shape index (κ2) is 16.3. The molecular formula is C53H37N5O5S6Si2. The van der Waals surface area contributed by atoms with Gasteiger partial charge >= 0.3 is 11.9 Å². The molecule has 6 aromatic heterocycles. The van der Waals surface area contributed by atoms with E-state index in [1.807, 2.05) is 46.9 Å². The molecule has 2 aliphatic heterocycles. The maximum absolute atomic E-state index is 11.9. The second-order valence-electron chi connectivity index (χ2n) is 18.6. The summed E-state index contributed by atoms with van der Waals surface area (Å²) in [7, 11) is -2.37. The lowest BCUT2D eigenvalue weighted by Gasteiger charge is -2.26. The van der Waals surface area contributed by atoms with E-state index < -0.39 is 28.1 Å². The molecule has 5 aromatic carbocycles. The highest BCUT2D eigenvalue weighted by atomic mass is 32.1. The van der Waals surface area contributed by atoms with Crippen molar-refractivity contribution in [3.8, 4) is 67.0 Å². The smallest absolute Gasteiger partial charge is 0.338 e. The maximum Gasteiger partial charge on any atom is 0.338 e. The van der Waals surface area contributed by atoms with E-state index in [1.165, 1.54) is 61.1 Å². The van der Waals surface area contributed by atoms with Crippen LogP contribution >= 0.6 is 68.8 Å². The fourth-order valence-corrected chi connectivity index (χ4v) is 25.7. The molecule has 0 unspecified atom stereocenters. The molecule has 0 spiro atoms. The van der Waals surface area contributed by atoms with Crippen molar-refractivity contribution in [3.05, 3.63) is 132 Å². The number of benzene rings is 5. The molecule has 348 valence electrons. The maximum atomic E-state index is 11.9. The van der Waals surface area contributed by atoms with Crippen LogP contribution in [0, 0.1) is 0 Å². The van der Waals surface area contributed by atoms with Gasteiger partial charge in [0.25, 0.3) is 0 Å². The minimum Gasteiger partial charge on any atom is -0.497 e. The number of thiophene rings is 4. The fraction of sp³-hybridized carbons (Fsp3) is 0.0943. The molecule has 0 atom stereocenters. The van der Waals surface area contributed by atoms with Crippen LogP contribution in [0.1, 0.15) is 20.7 Å². The Bertz CT molecular complexity index is 3780. The minimum atomic E-state index is -2.03. The van der Waals surface area contributed by atoms with Gasteiger partial charge in [-0.1, -0.05) is 62.6 Å². The molecular weight excluding hydrogens is 1040 g/mol. The summed E-state index contributed by atoms with van der Waals surface area (Å²) in [6.45, 7) is 9.70. The van der Waals surface area contributed by atoms with Crippen LogP contribution in [0.25, 0.3) is 83.3 Å². The topological polar surface area (TPSA) is 139 Å². The number of ether oxygens (including phenoxy) is 1. The summed E-state index contributed by atoms with van der Waals surface area (Å²) < 4.78 is 23.3. The molecule has 2 aliphatic rings. The molecule has 0 fully saturated rings. The van der Waals surface area contributed by atoms with Gasteiger partial charge in [0, 0.05) is 67.2 Å². The average molecular weight is 1070 g/mol. The number of hydrogen-bond acceptors (Lipinski definition) is 14. The van der Waals surface area contributed by atoms with Gasteiger partial charge in [0.1, 0.15) is 44.0 Å². The normalized spacial score (nSPS) is 13.9. The Balaban J connectivity index is 0.805. The largest absolute Gasteiger partial charge is 0.497 e. The Labute approximate surface area is 433 Å². The predicted molar refractivity (Wildman–Crippen MR) is 301 cm³/mol. The molecule has 13 rings (SSSR count). The molecule has 0 amide bonds. The number of rotatable bonds is 10. The molecule has 10 nitrogen and oxygen atoms in total. The van der Waals surface area contributed by atoms with Crippen LogP contribution in [0.4, 0.5) is 17.1 Å². The molecule has 8 heterocycles. The summed E-state index contributed by atoms with van der Waals surface area (Å²) in [5.74, 6) is -1.20. The first-order valence-corrected chi connectivity index (χ1v) is 33.2. The average Bonchev–Trinajstić information content (AvgIpc) is 4.24. The van der Waals surface area contributed by atoms with Crippen molar-refractivity contribution in [2.24, 2.45) is 0 Å². The van der Waals surface area contributed by atoms with Crippen molar-refractivity contribution in [3.63, 3.8) is 0 Å². The number of methoxy groups -OCH3 is 1. The van der Waals surface area contributed by atoms with Gasteiger partial charge in [-0.25, -0.2) is 9.59 Å². The third-order valence-electron chi connectivity index (χ3n) is 14.0. The van der Waals surface area contributed by atoms with E-state index >= 15 is 0 Å². The highest BCUT2D eigenvalue weighted by molar-refractivity contribution is 7.32. The van der Waals surface area contributed by atoms with E-state index in [9.17, 15) is 19.8 Å². The van der Waals surface area contributed by atoms with E-state index in [1.54, 1.807) is 41.9 Å². The lowest BCUT2D eigenvalue weighted by atomic mass is 10.1. The van der Waals surface area contributed by atoms with Crippen LogP contribution in [0.3, 0.4) is 0 Å². The number of carboxylic acid groups (broad SMARTS) is 2. The number of hydrogen-bond donors (Lipinski definition) is 2. The standard InChI is InChI=1S/C53H37N5O5S6Si2/c1-63-31-16-14-30(15-17-31)58(28-10-6-26(7-11-28)36-22-40-48(64-36)50-42(70(40,2)3)24-38(66-50)32-18-20-34(52(59)60)46-44(32)54-68-56-46)29-12-8-27(9-13-29)37-23-41-49(65-37)51-43(71(41,4)5)25-39(67-51)33-19-21-35(53(61)62)47-45(33)55-69-57-47/h6-25H,1-5H3,(H,59,60)(H,61,62). The van der Waals surface area contributed by atoms with Crippen molar-refractivity contribution in [2.75, 3.05) is 12.0 Å². The summed E-state index contributed by atoms with van der Waals surface area (Å²) in [4.78, 5) is 36.1. The SMILES string of the molecule is COc1ccc(N(c2ccc(-c3cc4c(s3)-c3sc(-c5ccc(C(=O)O)c6nsnc56)cc3[Si]4(C)C)cc2)c2ccc(-c3cc4c(s3)-c3sc(-c5ccc(C(=O)O)c6nsnc56)cc3[Si]4(C)C)cc2)cc1. The van der Waals surface area contributed by atoms with Crippen molar-refractivity contribution in [2.45, 2.75) is 26.2 Å². The zero-order valence-electron chi connectivity index (χ0n) is 38.4. The Morgan fingerprint density at radius 2 is 0.803 bits per heavy atom. The van der Waals surface area contributed by atoms with Crippen LogP contribution in [0.15, 0.2) is 121 Å². The van der Waals surface area contributed by atoms with Crippen LogP contribution in [0.2, 0.25) is 26.2 Å². The van der Waals surface area contributed by atoms with Crippen molar-refractivity contribution >= 4 is 157 Å². The summed E-state index contributed by atoms with van der Waals surface area (Å²) >= 11 is 9.35. The quantitative estimate of drug-likeness (QED) is 0.127. The van der Waals surface area contributed by atoms with E-state index in [2.05, 4.69) is 134 Å². The van der Waals surface area contributed by atoms with Gasteiger partial charge in [-0.2, -0.15) is 17.5 Å². The summed E-state index contributed by atoms with van der Waals surface area (Å²) in [6, 6.07) is 42.5. The zero-order valence-corrected chi connectivity index (χ0v) is 45.3. The minimum absolute atomic E-state index is 0.178. The number of carboxylic acids is 2. The number of fused-ring (bicyclic) bond motifs is 8. The Morgan fingerprint density at radius 1 is 0.465 bits per heavy atom. The van der Waals surface area contributed by atoms with Gasteiger partial charge in [-0.05, 0) is 117 Å². The Kier molecular flexibility index (Phi) is 10.2. The lowest BCUT2D eigenvalue weighted by molar-refractivity contribution is 0.0688. The third-order valence-corrected chi connectivity index (χ3v) is 27.8. The molecule has 0 radical (unpaired) electrons. The second-order valence-corrected chi connectivity index (χ2v) is 32.6. The Morgan fingerprint density at radius 3 is 1.17 bits per heavy atom. The van der Waals surface area contributed by atoms with Gasteiger partial charge in [-0.3, -0.25) is 0 Å². The van der Waals surface area contributed by atoms with Crippen LogP contribution < -0.4 is 30.4 Å². The number of aromatic carboxylic acids is 2. The van der Waals surface area contributed by atoms with Gasteiger partial charge in [-0.15, -0.1) is 45.3 Å². The van der Waals surface area contributed by atoms with Crippen LogP contribution in [-0.4, -0.2) is 62.9 Å². The highest BCUT2D eigenvalue weighted by Gasteiger charge is 2.43. The molecule has 11 aromatic rings. The Hall–Kier alpha value is -6.49. The van der Waals surface area contributed by atoms with E-state index in [0.29, 0.717) is 22.1 Å². The molecule has 0 bridgehead atoms. The molecule has 0 saturated heterocycles. The van der Waals surface area contributed by atoms with Crippen molar-refractivity contribution in [1.82, 2.24) is 17.5 Å². The third kappa shape index (κ3) is 6.84. The highest BCUT2D eigenvalue weighted by Crippen LogP contribution is 2.48. The van der Waals surface area contributed by atoms with E-state index in [0.717, 1.165) is 67.1 Å². The fourth-order valence-electron chi connectivity index (χ4n) is 10.1. The number of carbonyl (C=O) groups is 2. The van der Waals surface area contributed by atoms with Crippen LogP contribution in [0.5, 0.6) is 5.75 Å². The zero-order chi connectivity index (χ0) is 48.7. The first-order chi connectivity index (χ1) is 34.3. The van der Waals surface area contributed by atoms with Gasteiger partial charge in [0.15, 0.2) is 0 Å². The van der Waals surface area contributed by atoms with Crippen molar-refractivity contribution in [1.29, 1.82) is 0 Å². The van der Waals surface area contributed by atoms with E-state index in [-0.39, 0.29) is 11.1 Å². The van der Waals surface area contributed by atoms with E-state index in [4.69, 9.17) is 4.74 Å². The molecule has 71 heavy (non-hydrogen) atoms. The van der Waals surface area contributed by atoms with Gasteiger partial charge in [0.05, 0.1) is 41.7 Å². The monoisotopic (exact) mass is 1070 g/mol. The van der Waals surface area contributed by atoms with Crippen molar-refractivity contribution < 1.29 is 24.5 Å². The number of nitrogens with zero attached hydrogens (tertiary/aromatic N) is 5. The predicted octanol–water partition coefficient (Wildman–Crippen LogP) is 13.1. The van der Waals surface area contributed by atoms with Gasteiger partial charge < -0.3 is 19.8 Å². The molecule has 2 N–H and O–H groups in total. The summed E-state index contributed by atoms with van der Waals surface area (Å²) in [5, 5.41) is 25.3. The van der Waals surface area contributed by atoms with Gasteiger partial charge in [0.2, 0.25) is 0 Å². The number of aromatic nitrogens is 4. The summed E-state index contributed by atoms with van der Waals surface area (Å²) in [5.41, 5.74) is 9.84. The first kappa shape index (κ1) is 44.5. The number of anilines is 3. The molecule has 0 saturated carbocycles. The lowest BCUT2D eigenvalue weighted by Crippen LogP contribution is -2.48. The molecule has 0 aliphatic carbocycles. The molecule has 18 heteroatoms.